The van der Waals surface area contributed by atoms with Crippen molar-refractivity contribution in [3.8, 4) is 11.8 Å². The minimum Gasteiger partial charge on any atom is -0.505 e. The summed E-state index contributed by atoms with van der Waals surface area (Å²) in [6.45, 7) is 5.26. The molecular weight excluding hydrogens is 233 g/mol. The van der Waals surface area contributed by atoms with Crippen molar-refractivity contribution in [1.29, 1.82) is 5.26 Å². The molecule has 1 heterocycles. The summed E-state index contributed by atoms with van der Waals surface area (Å²) in [5.41, 5.74) is 0.722. The van der Waals surface area contributed by atoms with Crippen LogP contribution in [0.1, 0.15) is 24.1 Å². The number of halogens is 1. The molecule has 0 unspecified atom stereocenters. The van der Waals surface area contributed by atoms with Gasteiger partial charge in [-0.2, -0.15) is 5.26 Å². The second kappa shape index (κ2) is 5.34. The van der Waals surface area contributed by atoms with E-state index >= 15 is 0 Å². The fourth-order valence-corrected chi connectivity index (χ4v) is 2.35. The molecule has 1 aliphatic rings. The van der Waals surface area contributed by atoms with Gasteiger partial charge < -0.3 is 10.4 Å². The first kappa shape index (κ1) is 12.8. The van der Waals surface area contributed by atoms with Gasteiger partial charge in [0.1, 0.15) is 0 Å². The van der Waals surface area contributed by atoms with Gasteiger partial charge in [0.15, 0.2) is 11.6 Å². The van der Waals surface area contributed by atoms with Gasteiger partial charge in [0.25, 0.3) is 0 Å². The SMILES string of the molecule is C[C@H](c1c(C#N)ccc(F)c1O)N1CCNCC1. The molecule has 1 aromatic rings. The van der Waals surface area contributed by atoms with Gasteiger partial charge in [0.2, 0.25) is 0 Å². The number of phenols is 1. The Labute approximate surface area is 106 Å². The monoisotopic (exact) mass is 249 g/mol. The molecule has 1 aromatic carbocycles. The molecule has 1 fully saturated rings. The average molecular weight is 249 g/mol. The lowest BCUT2D eigenvalue weighted by molar-refractivity contribution is 0.182. The Morgan fingerprint density at radius 3 is 2.72 bits per heavy atom. The molecule has 0 saturated carbocycles. The molecule has 1 saturated heterocycles. The van der Waals surface area contributed by atoms with Crippen LogP contribution < -0.4 is 5.32 Å². The Morgan fingerprint density at radius 2 is 2.11 bits per heavy atom. The molecule has 0 radical (unpaired) electrons. The van der Waals surface area contributed by atoms with Crippen molar-refractivity contribution in [3.63, 3.8) is 0 Å². The molecule has 2 rings (SSSR count). The number of hydrogen-bond donors (Lipinski definition) is 2. The Bertz CT molecular complexity index is 478. The number of aromatic hydroxyl groups is 1. The van der Waals surface area contributed by atoms with Gasteiger partial charge in [-0.1, -0.05) is 0 Å². The zero-order valence-electron chi connectivity index (χ0n) is 10.3. The molecule has 18 heavy (non-hydrogen) atoms. The molecule has 0 spiro atoms. The van der Waals surface area contributed by atoms with Crippen LogP contribution in [0.15, 0.2) is 12.1 Å². The molecule has 0 aliphatic carbocycles. The summed E-state index contributed by atoms with van der Waals surface area (Å²) >= 11 is 0. The highest BCUT2D eigenvalue weighted by atomic mass is 19.1. The van der Waals surface area contributed by atoms with E-state index in [-0.39, 0.29) is 6.04 Å². The van der Waals surface area contributed by atoms with E-state index in [1.165, 1.54) is 6.07 Å². The molecule has 1 atom stereocenters. The van der Waals surface area contributed by atoms with Gasteiger partial charge in [-0.25, -0.2) is 4.39 Å². The summed E-state index contributed by atoms with van der Waals surface area (Å²) < 4.78 is 13.4. The lowest BCUT2D eigenvalue weighted by Gasteiger charge is -2.33. The highest BCUT2D eigenvalue weighted by molar-refractivity contribution is 5.48. The van der Waals surface area contributed by atoms with Crippen LogP contribution in [0.2, 0.25) is 0 Å². The van der Waals surface area contributed by atoms with Gasteiger partial charge >= 0.3 is 0 Å². The molecule has 2 N–H and O–H groups in total. The van der Waals surface area contributed by atoms with E-state index in [9.17, 15) is 9.50 Å². The molecule has 0 bridgehead atoms. The lowest BCUT2D eigenvalue weighted by Crippen LogP contribution is -2.44. The zero-order valence-corrected chi connectivity index (χ0v) is 10.3. The van der Waals surface area contributed by atoms with E-state index in [0.29, 0.717) is 11.1 Å². The number of hydrogen-bond acceptors (Lipinski definition) is 4. The van der Waals surface area contributed by atoms with Crippen LogP contribution >= 0.6 is 0 Å². The molecule has 4 nitrogen and oxygen atoms in total. The summed E-state index contributed by atoms with van der Waals surface area (Å²) in [6, 6.07) is 4.39. The first-order chi connectivity index (χ1) is 8.65. The number of nitrogens with zero attached hydrogens (tertiary/aromatic N) is 2. The first-order valence-electron chi connectivity index (χ1n) is 6.01. The predicted molar refractivity (Wildman–Crippen MR) is 65.6 cm³/mol. The van der Waals surface area contributed by atoms with Crippen molar-refractivity contribution in [2.75, 3.05) is 26.2 Å². The van der Waals surface area contributed by atoms with E-state index in [0.717, 1.165) is 32.2 Å². The fraction of sp³-hybridized carbons (Fsp3) is 0.462. The molecule has 0 amide bonds. The lowest BCUT2D eigenvalue weighted by atomic mass is 9.99. The summed E-state index contributed by atoms with van der Waals surface area (Å²) in [6.07, 6.45) is 0. The third-order valence-corrected chi connectivity index (χ3v) is 3.41. The average Bonchev–Trinajstić information content (AvgIpc) is 2.42. The fourth-order valence-electron chi connectivity index (χ4n) is 2.35. The Balaban J connectivity index is 2.36. The third-order valence-electron chi connectivity index (χ3n) is 3.41. The number of nitrogens with one attached hydrogen (secondary N) is 1. The summed E-state index contributed by atoms with van der Waals surface area (Å²) in [5, 5.41) is 22.1. The second-order valence-corrected chi connectivity index (χ2v) is 4.43. The van der Waals surface area contributed by atoms with Crippen LogP contribution in [-0.4, -0.2) is 36.2 Å². The quantitative estimate of drug-likeness (QED) is 0.831. The number of nitriles is 1. The van der Waals surface area contributed by atoms with Gasteiger partial charge in [0.05, 0.1) is 11.6 Å². The molecule has 96 valence electrons. The maximum atomic E-state index is 13.4. The van der Waals surface area contributed by atoms with Gasteiger partial charge in [-0.05, 0) is 19.1 Å². The number of phenolic OH excluding ortho intramolecular Hbond substituents is 1. The highest BCUT2D eigenvalue weighted by Crippen LogP contribution is 2.33. The second-order valence-electron chi connectivity index (χ2n) is 4.43. The Kier molecular flexibility index (Phi) is 3.80. The maximum absolute atomic E-state index is 13.4. The first-order valence-corrected chi connectivity index (χ1v) is 6.01. The Morgan fingerprint density at radius 1 is 1.44 bits per heavy atom. The predicted octanol–water partition coefficient (Wildman–Crippen LogP) is 1.37. The summed E-state index contributed by atoms with van der Waals surface area (Å²) in [7, 11) is 0. The molecule has 5 heteroatoms. The third kappa shape index (κ3) is 2.30. The molecule has 0 aromatic heterocycles. The van der Waals surface area contributed by atoms with Crippen LogP contribution in [0, 0.1) is 17.1 Å². The summed E-state index contributed by atoms with van der Waals surface area (Å²) in [5.74, 6) is -1.08. The maximum Gasteiger partial charge on any atom is 0.165 e. The summed E-state index contributed by atoms with van der Waals surface area (Å²) in [4.78, 5) is 2.13. The van der Waals surface area contributed by atoms with Crippen LogP contribution in [0.5, 0.6) is 5.75 Å². The normalized spacial score (nSPS) is 18.3. The number of piperazine rings is 1. The van der Waals surface area contributed by atoms with Crippen molar-refractivity contribution in [2.45, 2.75) is 13.0 Å². The largest absolute Gasteiger partial charge is 0.505 e. The van der Waals surface area contributed by atoms with Crippen molar-refractivity contribution in [3.05, 3.63) is 29.1 Å². The zero-order chi connectivity index (χ0) is 13.1. The van der Waals surface area contributed by atoms with E-state index in [1.54, 1.807) is 0 Å². The van der Waals surface area contributed by atoms with Gasteiger partial charge in [-0.3, -0.25) is 4.90 Å². The molecular formula is C13H16FN3O. The minimum absolute atomic E-state index is 0.169. The topological polar surface area (TPSA) is 59.3 Å². The Hall–Kier alpha value is -1.64. The van der Waals surface area contributed by atoms with Crippen LogP contribution in [0.25, 0.3) is 0 Å². The van der Waals surface area contributed by atoms with Crippen molar-refractivity contribution >= 4 is 0 Å². The van der Waals surface area contributed by atoms with E-state index in [4.69, 9.17) is 5.26 Å². The van der Waals surface area contributed by atoms with Gasteiger partial charge in [-0.15, -0.1) is 0 Å². The highest BCUT2D eigenvalue weighted by Gasteiger charge is 2.24. The standard InChI is InChI=1S/C13H16FN3O/c1-9(17-6-4-16-5-7-17)12-10(8-15)2-3-11(14)13(12)18/h2-3,9,16,18H,4-7H2,1H3/t9-/m1/s1. The van der Waals surface area contributed by atoms with Crippen LogP contribution in [-0.2, 0) is 0 Å². The van der Waals surface area contributed by atoms with E-state index < -0.39 is 11.6 Å². The van der Waals surface area contributed by atoms with Gasteiger partial charge in [0, 0.05) is 37.8 Å². The van der Waals surface area contributed by atoms with E-state index in [1.807, 2.05) is 13.0 Å². The van der Waals surface area contributed by atoms with Crippen molar-refractivity contribution < 1.29 is 9.50 Å². The van der Waals surface area contributed by atoms with E-state index in [2.05, 4.69) is 10.2 Å². The smallest absolute Gasteiger partial charge is 0.165 e. The number of rotatable bonds is 2. The molecule has 1 aliphatic heterocycles. The minimum atomic E-state index is -0.675. The number of benzene rings is 1. The van der Waals surface area contributed by atoms with Crippen molar-refractivity contribution in [1.82, 2.24) is 10.2 Å². The van der Waals surface area contributed by atoms with Crippen LogP contribution in [0.3, 0.4) is 0 Å². The van der Waals surface area contributed by atoms with Crippen molar-refractivity contribution in [2.24, 2.45) is 0 Å². The van der Waals surface area contributed by atoms with Crippen LogP contribution in [0.4, 0.5) is 4.39 Å².